The number of aryl methyl sites for hydroxylation is 2. The van der Waals surface area contributed by atoms with E-state index in [2.05, 4.69) is 4.98 Å². The molecule has 1 atom stereocenters. The average molecular weight is 426 g/mol. The second-order valence-electron chi connectivity index (χ2n) is 7.55. The molecule has 0 fully saturated rings. The van der Waals surface area contributed by atoms with Crippen LogP contribution in [0.25, 0.3) is 10.2 Å². The minimum absolute atomic E-state index is 0.105. The van der Waals surface area contributed by atoms with Crippen molar-refractivity contribution in [3.8, 4) is 0 Å². The fourth-order valence-electron chi connectivity index (χ4n) is 3.78. The first-order chi connectivity index (χ1) is 14.4. The standard InChI is InChI=1S/C22H23N3O4S/c1-13-17-19(23-16-10-7-11-25(16)21(17)27)30-18(13)22(28)29-14(2)20(26)24(3)12-15-8-5-4-6-9-15/h4-6,8-9,14H,7,10-12H2,1-3H3/t14-/m1/s1. The third kappa shape index (κ3) is 3.63. The van der Waals surface area contributed by atoms with Gasteiger partial charge in [0.15, 0.2) is 6.10 Å². The summed E-state index contributed by atoms with van der Waals surface area (Å²) in [7, 11) is 1.68. The topological polar surface area (TPSA) is 81.5 Å². The Hall–Kier alpha value is -3.00. The molecule has 3 heterocycles. The summed E-state index contributed by atoms with van der Waals surface area (Å²) in [6, 6.07) is 9.60. The zero-order valence-electron chi connectivity index (χ0n) is 17.2. The molecule has 0 spiro atoms. The summed E-state index contributed by atoms with van der Waals surface area (Å²) in [5, 5.41) is 0.470. The number of nitrogens with zero attached hydrogens (tertiary/aromatic N) is 3. The number of hydrogen-bond acceptors (Lipinski definition) is 6. The summed E-state index contributed by atoms with van der Waals surface area (Å²) in [6.45, 7) is 4.38. The summed E-state index contributed by atoms with van der Waals surface area (Å²) in [5.41, 5.74) is 1.45. The molecule has 0 N–H and O–H groups in total. The summed E-state index contributed by atoms with van der Waals surface area (Å²) >= 11 is 1.15. The lowest BCUT2D eigenvalue weighted by Gasteiger charge is -2.21. The molecular weight excluding hydrogens is 402 g/mol. The van der Waals surface area contributed by atoms with Gasteiger partial charge in [-0.05, 0) is 31.4 Å². The van der Waals surface area contributed by atoms with E-state index in [4.69, 9.17) is 4.74 Å². The Bertz CT molecular complexity index is 1180. The molecule has 1 amide bonds. The number of amides is 1. The van der Waals surface area contributed by atoms with Crippen LogP contribution in [0, 0.1) is 6.92 Å². The fraction of sp³-hybridized carbons (Fsp3) is 0.364. The van der Waals surface area contributed by atoms with E-state index in [1.165, 1.54) is 4.90 Å². The molecule has 4 rings (SSSR count). The maximum absolute atomic E-state index is 12.8. The summed E-state index contributed by atoms with van der Waals surface area (Å²) in [6.07, 6.45) is 0.736. The number of ether oxygens (including phenoxy) is 1. The van der Waals surface area contributed by atoms with Crippen LogP contribution in [0.15, 0.2) is 35.1 Å². The van der Waals surface area contributed by atoms with Crippen LogP contribution in [0.4, 0.5) is 0 Å². The van der Waals surface area contributed by atoms with Crippen LogP contribution in [-0.2, 0) is 29.0 Å². The monoisotopic (exact) mass is 425 g/mol. The van der Waals surface area contributed by atoms with E-state index >= 15 is 0 Å². The number of rotatable bonds is 5. The van der Waals surface area contributed by atoms with E-state index in [-0.39, 0.29) is 11.5 Å². The zero-order valence-corrected chi connectivity index (χ0v) is 18.0. The van der Waals surface area contributed by atoms with Gasteiger partial charge in [0.1, 0.15) is 15.5 Å². The molecule has 1 aromatic carbocycles. The number of thiophene rings is 1. The third-order valence-electron chi connectivity index (χ3n) is 5.37. The van der Waals surface area contributed by atoms with Gasteiger partial charge in [0, 0.05) is 26.6 Å². The molecule has 30 heavy (non-hydrogen) atoms. The third-order valence-corrected chi connectivity index (χ3v) is 6.53. The number of fused-ring (bicyclic) bond motifs is 2. The van der Waals surface area contributed by atoms with Crippen molar-refractivity contribution in [1.29, 1.82) is 0 Å². The Morgan fingerprint density at radius 2 is 2.03 bits per heavy atom. The molecule has 0 bridgehead atoms. The lowest BCUT2D eigenvalue weighted by molar-refractivity contribution is -0.139. The van der Waals surface area contributed by atoms with Crippen molar-refractivity contribution in [2.75, 3.05) is 7.05 Å². The second-order valence-corrected chi connectivity index (χ2v) is 8.55. The molecule has 1 aliphatic rings. The van der Waals surface area contributed by atoms with Crippen LogP contribution in [0.3, 0.4) is 0 Å². The van der Waals surface area contributed by atoms with Crippen molar-refractivity contribution < 1.29 is 14.3 Å². The highest BCUT2D eigenvalue weighted by Gasteiger charge is 2.27. The smallest absolute Gasteiger partial charge is 0.349 e. The summed E-state index contributed by atoms with van der Waals surface area (Å²) in [4.78, 5) is 45.2. The van der Waals surface area contributed by atoms with Crippen LogP contribution in [0.5, 0.6) is 0 Å². The van der Waals surface area contributed by atoms with Gasteiger partial charge in [-0.1, -0.05) is 30.3 Å². The Kier molecular flexibility index (Phi) is 5.42. The van der Waals surface area contributed by atoms with Gasteiger partial charge < -0.3 is 9.64 Å². The van der Waals surface area contributed by atoms with Crippen molar-refractivity contribution in [2.24, 2.45) is 0 Å². The van der Waals surface area contributed by atoms with E-state index in [1.54, 1.807) is 25.5 Å². The normalized spacial score (nSPS) is 13.8. The number of esters is 1. The zero-order chi connectivity index (χ0) is 21.4. The maximum atomic E-state index is 12.8. The molecule has 0 saturated carbocycles. The van der Waals surface area contributed by atoms with Gasteiger partial charge in [0.25, 0.3) is 11.5 Å². The molecule has 3 aromatic rings. The van der Waals surface area contributed by atoms with Crippen LogP contribution in [0.1, 0.15) is 40.0 Å². The number of hydrogen-bond donors (Lipinski definition) is 0. The number of benzene rings is 1. The van der Waals surface area contributed by atoms with Gasteiger partial charge in [-0.15, -0.1) is 11.3 Å². The SMILES string of the molecule is Cc1c(C(=O)O[C@H](C)C(=O)N(C)Cc2ccccc2)sc2nc3n(c(=O)c12)CCC3. The van der Waals surface area contributed by atoms with Gasteiger partial charge in [-0.25, -0.2) is 9.78 Å². The van der Waals surface area contributed by atoms with Gasteiger partial charge in [-0.2, -0.15) is 0 Å². The van der Waals surface area contributed by atoms with Crippen LogP contribution in [0.2, 0.25) is 0 Å². The minimum atomic E-state index is -0.935. The molecule has 8 heteroatoms. The lowest BCUT2D eigenvalue weighted by atomic mass is 10.2. The van der Waals surface area contributed by atoms with E-state index in [9.17, 15) is 14.4 Å². The Labute approximate surface area is 177 Å². The molecule has 0 aliphatic carbocycles. The Balaban J connectivity index is 1.51. The van der Waals surface area contributed by atoms with E-state index in [0.717, 1.165) is 35.6 Å². The predicted octanol–water partition coefficient (Wildman–Crippen LogP) is 2.92. The van der Waals surface area contributed by atoms with Crippen LogP contribution in [-0.4, -0.2) is 39.5 Å². The summed E-state index contributed by atoms with van der Waals surface area (Å²) in [5.74, 6) is -0.128. The van der Waals surface area contributed by atoms with E-state index in [1.807, 2.05) is 30.3 Å². The first-order valence-electron chi connectivity index (χ1n) is 9.89. The van der Waals surface area contributed by atoms with E-state index in [0.29, 0.717) is 33.7 Å². The van der Waals surface area contributed by atoms with Crippen molar-refractivity contribution in [3.63, 3.8) is 0 Å². The Morgan fingerprint density at radius 1 is 1.30 bits per heavy atom. The highest BCUT2D eigenvalue weighted by Crippen LogP contribution is 2.29. The second kappa shape index (κ2) is 8.02. The van der Waals surface area contributed by atoms with Crippen molar-refractivity contribution in [1.82, 2.24) is 14.5 Å². The Morgan fingerprint density at radius 3 is 2.77 bits per heavy atom. The van der Waals surface area contributed by atoms with Gasteiger partial charge in [0.2, 0.25) is 0 Å². The summed E-state index contributed by atoms with van der Waals surface area (Å²) < 4.78 is 7.13. The van der Waals surface area contributed by atoms with E-state index < -0.39 is 12.1 Å². The molecule has 156 valence electrons. The average Bonchev–Trinajstić information content (AvgIpc) is 3.33. The molecule has 0 radical (unpaired) electrons. The highest BCUT2D eigenvalue weighted by atomic mass is 32.1. The molecule has 1 aliphatic heterocycles. The lowest BCUT2D eigenvalue weighted by Crippen LogP contribution is -2.37. The predicted molar refractivity (Wildman–Crippen MR) is 115 cm³/mol. The molecular formula is C22H23N3O4S. The maximum Gasteiger partial charge on any atom is 0.349 e. The number of carbonyl (C=O) groups is 2. The number of likely N-dealkylation sites (N-methyl/N-ethyl adjacent to an activating group) is 1. The minimum Gasteiger partial charge on any atom is -0.448 e. The van der Waals surface area contributed by atoms with Crippen molar-refractivity contribution in [2.45, 2.75) is 45.9 Å². The first kappa shape index (κ1) is 20.3. The molecule has 0 unspecified atom stereocenters. The van der Waals surface area contributed by atoms with Crippen molar-refractivity contribution >= 4 is 33.4 Å². The highest BCUT2D eigenvalue weighted by molar-refractivity contribution is 7.20. The van der Waals surface area contributed by atoms with Crippen LogP contribution < -0.4 is 5.56 Å². The number of aromatic nitrogens is 2. The molecule has 0 saturated heterocycles. The number of carbonyl (C=O) groups excluding carboxylic acids is 2. The van der Waals surface area contributed by atoms with Gasteiger partial charge in [-0.3, -0.25) is 14.2 Å². The fourth-order valence-corrected chi connectivity index (χ4v) is 4.85. The van der Waals surface area contributed by atoms with Crippen molar-refractivity contribution in [3.05, 3.63) is 62.5 Å². The molecule has 7 nitrogen and oxygen atoms in total. The van der Waals surface area contributed by atoms with Gasteiger partial charge >= 0.3 is 5.97 Å². The largest absolute Gasteiger partial charge is 0.448 e. The molecule has 2 aromatic heterocycles. The quantitative estimate of drug-likeness (QED) is 0.587. The first-order valence-corrected chi connectivity index (χ1v) is 10.7. The van der Waals surface area contributed by atoms with Crippen LogP contribution >= 0.6 is 11.3 Å². The van der Waals surface area contributed by atoms with Gasteiger partial charge in [0.05, 0.1) is 5.39 Å².